The molecule has 0 saturated carbocycles. The first-order chi connectivity index (χ1) is 14.6. The Kier molecular flexibility index (Phi) is 5.30. The molecule has 0 atom stereocenters. The standard InChI is InChI=1S/C24H17FO5/c1-2-28-20-10-6-3-7-15(20)13-22-23(26)18-12-11-16(14-21(18)30-22)29-24(27)17-8-4-5-9-19(17)25/h3-14H,2H2,1H3. The van der Waals surface area contributed by atoms with Gasteiger partial charge in [-0.25, -0.2) is 9.18 Å². The molecule has 0 radical (unpaired) electrons. The van der Waals surface area contributed by atoms with Crippen molar-refractivity contribution >= 4 is 17.8 Å². The zero-order valence-corrected chi connectivity index (χ0v) is 16.1. The molecule has 3 aromatic rings. The summed E-state index contributed by atoms with van der Waals surface area (Å²) < 4.78 is 30.3. The maximum atomic E-state index is 13.8. The van der Waals surface area contributed by atoms with E-state index in [1.54, 1.807) is 12.1 Å². The van der Waals surface area contributed by atoms with Gasteiger partial charge in [-0.05, 0) is 43.3 Å². The van der Waals surface area contributed by atoms with E-state index in [1.807, 2.05) is 31.2 Å². The van der Waals surface area contributed by atoms with E-state index in [1.165, 1.54) is 36.4 Å². The SMILES string of the molecule is CCOc1ccccc1C=C1Oc2cc(OC(=O)c3ccccc3F)ccc2C1=O. The lowest BCUT2D eigenvalue weighted by Gasteiger charge is -2.07. The van der Waals surface area contributed by atoms with Crippen molar-refractivity contribution in [2.75, 3.05) is 6.61 Å². The normalized spacial score (nSPS) is 13.7. The van der Waals surface area contributed by atoms with Crippen LogP contribution in [0.25, 0.3) is 6.08 Å². The van der Waals surface area contributed by atoms with Crippen molar-refractivity contribution in [3.8, 4) is 17.2 Å². The quantitative estimate of drug-likeness (QED) is 0.338. The summed E-state index contributed by atoms with van der Waals surface area (Å²) in [5.41, 5.74) is 0.880. The Hall–Kier alpha value is -3.93. The van der Waals surface area contributed by atoms with Gasteiger partial charge >= 0.3 is 5.97 Å². The fourth-order valence-electron chi connectivity index (χ4n) is 3.05. The smallest absolute Gasteiger partial charge is 0.346 e. The van der Waals surface area contributed by atoms with Crippen molar-refractivity contribution in [1.29, 1.82) is 0 Å². The van der Waals surface area contributed by atoms with Crippen molar-refractivity contribution in [1.82, 2.24) is 0 Å². The molecule has 0 aliphatic carbocycles. The number of ether oxygens (including phenoxy) is 3. The second-order valence-electron chi connectivity index (χ2n) is 6.44. The Balaban J connectivity index is 1.57. The van der Waals surface area contributed by atoms with E-state index in [0.717, 1.165) is 0 Å². The van der Waals surface area contributed by atoms with E-state index in [9.17, 15) is 14.0 Å². The van der Waals surface area contributed by atoms with Crippen LogP contribution >= 0.6 is 0 Å². The van der Waals surface area contributed by atoms with Gasteiger partial charge in [0.15, 0.2) is 5.76 Å². The van der Waals surface area contributed by atoms with Crippen LogP contribution in [0.3, 0.4) is 0 Å². The minimum atomic E-state index is -0.834. The molecule has 0 bridgehead atoms. The third kappa shape index (κ3) is 3.80. The van der Waals surface area contributed by atoms with Gasteiger partial charge in [-0.2, -0.15) is 0 Å². The third-order valence-corrected chi connectivity index (χ3v) is 4.45. The highest BCUT2D eigenvalue weighted by Crippen LogP contribution is 2.36. The summed E-state index contributed by atoms with van der Waals surface area (Å²) in [6.07, 6.45) is 1.61. The number of halogens is 1. The van der Waals surface area contributed by atoms with Crippen LogP contribution < -0.4 is 14.2 Å². The van der Waals surface area contributed by atoms with E-state index in [2.05, 4.69) is 0 Å². The number of allylic oxidation sites excluding steroid dienone is 1. The minimum absolute atomic E-state index is 0.134. The molecule has 6 heteroatoms. The molecular formula is C24H17FO5. The van der Waals surface area contributed by atoms with E-state index >= 15 is 0 Å². The van der Waals surface area contributed by atoms with E-state index < -0.39 is 11.8 Å². The van der Waals surface area contributed by atoms with E-state index in [4.69, 9.17) is 14.2 Å². The molecule has 1 aliphatic rings. The van der Waals surface area contributed by atoms with Crippen LogP contribution in [0.2, 0.25) is 0 Å². The number of rotatable bonds is 5. The summed E-state index contributed by atoms with van der Waals surface area (Å²) in [5, 5.41) is 0. The van der Waals surface area contributed by atoms with Crippen LogP contribution in [-0.2, 0) is 0 Å². The fourth-order valence-corrected chi connectivity index (χ4v) is 3.05. The summed E-state index contributed by atoms with van der Waals surface area (Å²) in [4.78, 5) is 24.9. The average molecular weight is 404 g/mol. The molecule has 0 amide bonds. The van der Waals surface area contributed by atoms with Crippen molar-refractivity contribution in [2.24, 2.45) is 0 Å². The van der Waals surface area contributed by atoms with Gasteiger partial charge in [-0.3, -0.25) is 4.79 Å². The van der Waals surface area contributed by atoms with Crippen molar-refractivity contribution in [3.63, 3.8) is 0 Å². The number of para-hydroxylation sites is 1. The molecule has 4 rings (SSSR count). The Morgan fingerprint density at radius 2 is 1.83 bits per heavy atom. The highest BCUT2D eigenvalue weighted by atomic mass is 19.1. The number of hydrogen-bond acceptors (Lipinski definition) is 5. The number of Topliss-reactive ketones (excluding diaryl/α,β-unsaturated/α-hetero) is 1. The first-order valence-corrected chi connectivity index (χ1v) is 9.33. The summed E-state index contributed by atoms with van der Waals surface area (Å²) in [5.74, 6) is -0.617. The summed E-state index contributed by atoms with van der Waals surface area (Å²) in [7, 11) is 0. The second-order valence-corrected chi connectivity index (χ2v) is 6.44. The highest BCUT2D eigenvalue weighted by Gasteiger charge is 2.28. The van der Waals surface area contributed by atoms with Crippen LogP contribution in [0.4, 0.5) is 4.39 Å². The molecule has 0 aromatic heterocycles. The Labute approximate surface area is 172 Å². The number of fused-ring (bicyclic) bond motifs is 1. The largest absolute Gasteiger partial charge is 0.493 e. The number of esters is 1. The monoisotopic (exact) mass is 404 g/mol. The van der Waals surface area contributed by atoms with Gasteiger partial charge in [-0.1, -0.05) is 30.3 Å². The van der Waals surface area contributed by atoms with Crippen molar-refractivity contribution in [2.45, 2.75) is 6.92 Å². The van der Waals surface area contributed by atoms with Gasteiger partial charge < -0.3 is 14.2 Å². The summed E-state index contributed by atoms with van der Waals surface area (Å²) >= 11 is 0. The highest BCUT2D eigenvalue weighted by molar-refractivity contribution is 6.14. The molecule has 0 saturated heterocycles. The molecule has 0 spiro atoms. The van der Waals surface area contributed by atoms with Crippen LogP contribution in [0.5, 0.6) is 17.2 Å². The maximum absolute atomic E-state index is 13.8. The molecule has 1 aliphatic heterocycles. The van der Waals surface area contributed by atoms with E-state index in [-0.39, 0.29) is 28.6 Å². The third-order valence-electron chi connectivity index (χ3n) is 4.45. The van der Waals surface area contributed by atoms with Gasteiger partial charge in [0.1, 0.15) is 23.1 Å². The molecule has 3 aromatic carbocycles. The lowest BCUT2D eigenvalue weighted by molar-refractivity contribution is 0.0729. The summed E-state index contributed by atoms with van der Waals surface area (Å²) in [6, 6.07) is 17.3. The van der Waals surface area contributed by atoms with Crippen LogP contribution in [0.1, 0.15) is 33.2 Å². The van der Waals surface area contributed by atoms with Crippen LogP contribution in [-0.4, -0.2) is 18.4 Å². The Morgan fingerprint density at radius 1 is 1.07 bits per heavy atom. The molecule has 1 heterocycles. The van der Waals surface area contributed by atoms with Crippen LogP contribution in [0, 0.1) is 5.82 Å². The summed E-state index contributed by atoms with van der Waals surface area (Å²) in [6.45, 7) is 2.37. The number of hydrogen-bond donors (Lipinski definition) is 0. The predicted octanol–water partition coefficient (Wildman–Crippen LogP) is 5.06. The fraction of sp³-hybridized carbons (Fsp3) is 0.0833. The van der Waals surface area contributed by atoms with Gasteiger partial charge in [0.25, 0.3) is 0 Å². The molecular weight excluding hydrogens is 387 g/mol. The molecule has 5 nitrogen and oxygen atoms in total. The maximum Gasteiger partial charge on any atom is 0.346 e. The first kappa shape index (κ1) is 19.4. The molecule has 0 unspecified atom stereocenters. The van der Waals surface area contributed by atoms with Crippen molar-refractivity contribution < 1.29 is 28.2 Å². The topological polar surface area (TPSA) is 61.8 Å². The lowest BCUT2D eigenvalue weighted by atomic mass is 10.1. The van der Waals surface area contributed by atoms with Gasteiger partial charge in [0.05, 0.1) is 17.7 Å². The number of ketones is 1. The van der Waals surface area contributed by atoms with Gasteiger partial charge in [0, 0.05) is 11.6 Å². The van der Waals surface area contributed by atoms with Gasteiger partial charge in [0.2, 0.25) is 5.78 Å². The molecule has 30 heavy (non-hydrogen) atoms. The van der Waals surface area contributed by atoms with Gasteiger partial charge in [-0.15, -0.1) is 0 Å². The van der Waals surface area contributed by atoms with Crippen LogP contribution in [0.15, 0.2) is 72.5 Å². The number of carbonyl (C=O) groups excluding carboxylic acids is 2. The molecule has 150 valence electrons. The predicted molar refractivity (Wildman–Crippen MR) is 108 cm³/mol. The molecule has 0 fully saturated rings. The second kappa shape index (κ2) is 8.21. The Morgan fingerprint density at radius 3 is 2.63 bits per heavy atom. The number of benzene rings is 3. The van der Waals surface area contributed by atoms with E-state index in [0.29, 0.717) is 23.5 Å². The number of carbonyl (C=O) groups is 2. The van der Waals surface area contributed by atoms with Crippen molar-refractivity contribution in [3.05, 3.63) is 95.0 Å². The average Bonchev–Trinajstić information content (AvgIpc) is 3.04. The Bertz CT molecular complexity index is 1170. The lowest BCUT2D eigenvalue weighted by Crippen LogP contribution is -2.10. The zero-order valence-electron chi connectivity index (χ0n) is 16.1. The zero-order chi connectivity index (χ0) is 21.1. The first-order valence-electron chi connectivity index (χ1n) is 9.33. The molecule has 0 N–H and O–H groups in total. The minimum Gasteiger partial charge on any atom is -0.493 e.